The Balaban J connectivity index is 0.00000420. The number of aliphatic carboxylic acids is 2. The quantitative estimate of drug-likeness (QED) is 0.217. The van der Waals surface area contributed by atoms with E-state index < -0.39 is 36.0 Å². The standard InChI is InChI=1S/C32H38N2O5.2Li/c1-22(2)21-29(33-28(32(38)39)16-10-13-24-11-6-4-7-12-24)30(35)34(23(3)31(36)37)27-19-17-26(18-20-27)25-14-8-5-9-15-25;;/h4-9,11-12,14-15,17-20,22-23,28-29,33H,10,13,16,21H2,1-3H3,(H,36,37)(H,38,39);;/q;2*+1/p-2/t23-,28+,29-;;/m0../s1. The molecule has 0 aromatic heterocycles. The third-order valence-electron chi connectivity index (χ3n) is 6.71. The van der Waals surface area contributed by atoms with Gasteiger partial charge < -0.3 is 24.7 Å². The van der Waals surface area contributed by atoms with E-state index in [2.05, 4.69) is 5.32 Å². The van der Waals surface area contributed by atoms with E-state index in [9.17, 15) is 24.6 Å². The molecule has 1 amide bonds. The zero-order chi connectivity index (χ0) is 28.4. The topological polar surface area (TPSA) is 113 Å². The van der Waals surface area contributed by atoms with Crippen LogP contribution in [0.3, 0.4) is 0 Å². The van der Waals surface area contributed by atoms with E-state index in [1.807, 2.05) is 86.6 Å². The van der Waals surface area contributed by atoms with Gasteiger partial charge in [-0.25, -0.2) is 0 Å². The maximum Gasteiger partial charge on any atom is 1.00 e. The van der Waals surface area contributed by atoms with Gasteiger partial charge in [0.1, 0.15) is 0 Å². The molecule has 3 rings (SSSR count). The van der Waals surface area contributed by atoms with Gasteiger partial charge in [0.25, 0.3) is 0 Å². The van der Waals surface area contributed by atoms with Crippen LogP contribution in [0.25, 0.3) is 11.1 Å². The molecule has 1 N–H and O–H groups in total. The largest absolute Gasteiger partial charge is 1.00 e. The van der Waals surface area contributed by atoms with Crippen LogP contribution in [-0.4, -0.2) is 36.0 Å². The summed E-state index contributed by atoms with van der Waals surface area (Å²) in [5.74, 6) is -3.18. The van der Waals surface area contributed by atoms with Crippen LogP contribution in [0.2, 0.25) is 0 Å². The van der Waals surface area contributed by atoms with Crippen molar-refractivity contribution in [1.82, 2.24) is 5.32 Å². The number of hydrogen-bond acceptors (Lipinski definition) is 6. The molecule has 0 heterocycles. The van der Waals surface area contributed by atoms with Gasteiger partial charge in [-0.15, -0.1) is 0 Å². The van der Waals surface area contributed by atoms with Crippen molar-refractivity contribution in [3.63, 3.8) is 0 Å². The molecule has 3 atom stereocenters. The fourth-order valence-electron chi connectivity index (χ4n) is 4.64. The van der Waals surface area contributed by atoms with Gasteiger partial charge in [-0.2, -0.15) is 0 Å². The summed E-state index contributed by atoms with van der Waals surface area (Å²) >= 11 is 0. The van der Waals surface area contributed by atoms with Crippen LogP contribution in [0.1, 0.15) is 45.6 Å². The van der Waals surface area contributed by atoms with Crippen molar-refractivity contribution in [2.24, 2.45) is 5.92 Å². The van der Waals surface area contributed by atoms with Crippen LogP contribution in [0.4, 0.5) is 5.69 Å². The molecule has 0 saturated heterocycles. The summed E-state index contributed by atoms with van der Waals surface area (Å²) in [6.45, 7) is 5.24. The average Bonchev–Trinajstić information content (AvgIpc) is 2.93. The molecule has 0 aliphatic heterocycles. The van der Waals surface area contributed by atoms with Gasteiger partial charge in [0, 0.05) is 11.7 Å². The Morgan fingerprint density at radius 3 is 1.78 bits per heavy atom. The van der Waals surface area contributed by atoms with Gasteiger partial charge in [0.05, 0.1) is 24.0 Å². The van der Waals surface area contributed by atoms with E-state index in [0.717, 1.165) is 16.7 Å². The number of benzene rings is 3. The third kappa shape index (κ3) is 10.9. The summed E-state index contributed by atoms with van der Waals surface area (Å²) < 4.78 is 0. The molecule has 0 aliphatic rings. The number of hydrogen-bond donors (Lipinski definition) is 1. The molecule has 0 spiro atoms. The number of carboxylic acid groups (broad SMARTS) is 2. The smallest absolute Gasteiger partial charge is 0.548 e. The molecule has 0 unspecified atom stereocenters. The van der Waals surface area contributed by atoms with Crippen LogP contribution < -0.4 is 58.2 Å². The Morgan fingerprint density at radius 2 is 1.27 bits per heavy atom. The SMILES string of the molecule is CC(C)C[C@H](N[C@H](CCCc1ccccc1)C(=O)[O-])C(=O)N(c1ccc(-c2ccccc2)cc1)[C@@H](C)C(=O)[O-].[Li+].[Li+]. The minimum atomic E-state index is -1.40. The Morgan fingerprint density at radius 1 is 0.732 bits per heavy atom. The summed E-state index contributed by atoms with van der Waals surface area (Å²) in [4.78, 5) is 39.0. The average molecular weight is 543 g/mol. The first-order chi connectivity index (χ1) is 18.7. The van der Waals surface area contributed by atoms with Crippen molar-refractivity contribution in [2.75, 3.05) is 4.90 Å². The Hall–Kier alpha value is -2.78. The summed E-state index contributed by atoms with van der Waals surface area (Å²) in [6, 6.07) is 23.2. The van der Waals surface area contributed by atoms with Gasteiger partial charge in [0.2, 0.25) is 5.91 Å². The Kier molecular flexibility index (Phi) is 15.8. The maximum absolute atomic E-state index is 13.9. The van der Waals surface area contributed by atoms with E-state index >= 15 is 0 Å². The molecular formula is C32H36Li2N2O5. The van der Waals surface area contributed by atoms with Crippen molar-refractivity contribution in [3.8, 4) is 11.1 Å². The van der Waals surface area contributed by atoms with E-state index in [0.29, 0.717) is 24.9 Å². The number of amides is 1. The number of anilines is 1. The summed E-state index contributed by atoms with van der Waals surface area (Å²) in [5.41, 5.74) is 3.39. The van der Waals surface area contributed by atoms with Crippen molar-refractivity contribution in [2.45, 2.75) is 64.6 Å². The van der Waals surface area contributed by atoms with Crippen LogP contribution in [0, 0.1) is 5.92 Å². The van der Waals surface area contributed by atoms with Crippen molar-refractivity contribution in [1.29, 1.82) is 0 Å². The first kappa shape index (κ1) is 36.3. The predicted molar refractivity (Wildman–Crippen MR) is 148 cm³/mol. The van der Waals surface area contributed by atoms with Crippen molar-refractivity contribution < 1.29 is 62.3 Å². The molecule has 0 bridgehead atoms. The van der Waals surface area contributed by atoms with E-state index in [4.69, 9.17) is 0 Å². The summed E-state index contributed by atoms with van der Waals surface area (Å²) in [5, 5.41) is 27.0. The van der Waals surface area contributed by atoms with Crippen molar-refractivity contribution >= 4 is 23.5 Å². The van der Waals surface area contributed by atoms with Gasteiger partial charge in [-0.1, -0.05) is 86.6 Å². The number of carbonyl (C=O) groups excluding carboxylic acids is 3. The van der Waals surface area contributed by atoms with Crippen molar-refractivity contribution in [3.05, 3.63) is 90.5 Å². The minimum absolute atomic E-state index is 0. The monoisotopic (exact) mass is 542 g/mol. The molecule has 3 aromatic carbocycles. The summed E-state index contributed by atoms with van der Waals surface area (Å²) in [6.07, 6.45) is 1.86. The molecule has 3 aromatic rings. The van der Waals surface area contributed by atoms with Gasteiger partial charge in [-0.3, -0.25) is 10.1 Å². The number of carbonyl (C=O) groups is 3. The first-order valence-corrected chi connectivity index (χ1v) is 13.4. The number of nitrogens with zero attached hydrogens (tertiary/aromatic N) is 1. The fourth-order valence-corrected chi connectivity index (χ4v) is 4.64. The van der Waals surface area contributed by atoms with E-state index in [1.54, 1.807) is 12.1 Å². The molecule has 0 radical (unpaired) electrons. The second kappa shape index (κ2) is 17.9. The number of nitrogens with one attached hydrogen (secondary N) is 1. The zero-order valence-electron chi connectivity index (χ0n) is 24.7. The second-order valence-corrected chi connectivity index (χ2v) is 10.2. The molecule has 0 fully saturated rings. The third-order valence-corrected chi connectivity index (χ3v) is 6.71. The van der Waals surface area contributed by atoms with Crippen LogP contribution >= 0.6 is 0 Å². The molecular weight excluding hydrogens is 506 g/mol. The number of aryl methyl sites for hydroxylation is 1. The second-order valence-electron chi connectivity index (χ2n) is 10.2. The minimum Gasteiger partial charge on any atom is -0.548 e. The maximum atomic E-state index is 13.9. The molecule has 9 heteroatoms. The van der Waals surface area contributed by atoms with Crippen LogP contribution in [0.5, 0.6) is 0 Å². The normalized spacial score (nSPS) is 12.8. The van der Waals surface area contributed by atoms with Gasteiger partial charge >= 0.3 is 37.7 Å². The fraction of sp³-hybridized carbons (Fsp3) is 0.344. The summed E-state index contributed by atoms with van der Waals surface area (Å²) in [7, 11) is 0. The molecule has 206 valence electrons. The first-order valence-electron chi connectivity index (χ1n) is 13.4. The molecule has 0 saturated carbocycles. The van der Waals surface area contributed by atoms with Crippen LogP contribution in [0.15, 0.2) is 84.9 Å². The number of rotatable bonds is 14. The van der Waals surface area contributed by atoms with Crippen LogP contribution in [-0.2, 0) is 20.8 Å². The van der Waals surface area contributed by atoms with E-state index in [-0.39, 0.29) is 50.1 Å². The Bertz CT molecular complexity index is 1220. The Labute approximate surface area is 267 Å². The van der Waals surface area contributed by atoms with Gasteiger partial charge in [0.15, 0.2) is 0 Å². The predicted octanol–water partition coefficient (Wildman–Crippen LogP) is -3.02. The molecule has 7 nitrogen and oxygen atoms in total. The van der Waals surface area contributed by atoms with Gasteiger partial charge in [-0.05, 0) is 67.3 Å². The molecule has 41 heavy (non-hydrogen) atoms. The number of carboxylic acids is 2. The zero-order valence-corrected chi connectivity index (χ0v) is 24.7. The van der Waals surface area contributed by atoms with E-state index in [1.165, 1.54) is 11.8 Å². The molecule has 0 aliphatic carbocycles.